The van der Waals surface area contributed by atoms with E-state index in [1.807, 2.05) is 6.07 Å². The van der Waals surface area contributed by atoms with E-state index in [-0.39, 0.29) is 0 Å². The molecule has 3 rings (SSSR count). The predicted molar refractivity (Wildman–Crippen MR) is 103 cm³/mol. The van der Waals surface area contributed by atoms with Gasteiger partial charge in [0.2, 0.25) is 0 Å². The third-order valence-electron chi connectivity index (χ3n) is 4.89. The van der Waals surface area contributed by atoms with E-state index < -0.39 is 0 Å². The Morgan fingerprint density at radius 3 is 2.92 bits per heavy atom. The summed E-state index contributed by atoms with van der Waals surface area (Å²) in [6.07, 6.45) is 7.29. The SMILES string of the molecule is CCNC(=NCc1c(O)ccc2c1CCCC2)NCC1CCCS1. The minimum Gasteiger partial charge on any atom is -0.508 e. The first-order valence-electron chi connectivity index (χ1n) is 9.24. The summed E-state index contributed by atoms with van der Waals surface area (Å²) in [5, 5.41) is 17.8. The molecule has 0 amide bonds. The van der Waals surface area contributed by atoms with Crippen molar-refractivity contribution in [2.75, 3.05) is 18.8 Å². The average molecular weight is 348 g/mol. The van der Waals surface area contributed by atoms with E-state index in [9.17, 15) is 5.11 Å². The van der Waals surface area contributed by atoms with Crippen LogP contribution in [-0.4, -0.2) is 35.2 Å². The molecule has 4 nitrogen and oxygen atoms in total. The number of fused-ring (bicyclic) bond motifs is 1. The lowest BCUT2D eigenvalue weighted by atomic mass is 9.88. The molecule has 1 atom stereocenters. The van der Waals surface area contributed by atoms with Gasteiger partial charge in [-0.25, -0.2) is 4.99 Å². The molecule has 24 heavy (non-hydrogen) atoms. The van der Waals surface area contributed by atoms with Crippen molar-refractivity contribution in [1.29, 1.82) is 0 Å². The van der Waals surface area contributed by atoms with Crippen molar-refractivity contribution in [3.8, 4) is 5.75 Å². The number of aliphatic imine (C=N–C) groups is 1. The van der Waals surface area contributed by atoms with Crippen LogP contribution >= 0.6 is 11.8 Å². The fraction of sp³-hybridized carbons (Fsp3) is 0.632. The van der Waals surface area contributed by atoms with Gasteiger partial charge >= 0.3 is 0 Å². The summed E-state index contributed by atoms with van der Waals surface area (Å²) in [6.45, 7) is 4.45. The monoisotopic (exact) mass is 347 g/mol. The second-order valence-electron chi connectivity index (χ2n) is 6.62. The minimum atomic E-state index is 0.390. The molecular formula is C19H29N3OS. The fourth-order valence-electron chi connectivity index (χ4n) is 3.58. The smallest absolute Gasteiger partial charge is 0.191 e. The lowest BCUT2D eigenvalue weighted by Gasteiger charge is -2.20. The molecule has 1 aliphatic carbocycles. The van der Waals surface area contributed by atoms with E-state index in [1.165, 1.54) is 42.6 Å². The molecule has 1 aromatic rings. The van der Waals surface area contributed by atoms with Gasteiger partial charge in [0.15, 0.2) is 5.96 Å². The molecule has 1 heterocycles. The lowest BCUT2D eigenvalue weighted by molar-refractivity contribution is 0.465. The molecule has 132 valence electrons. The minimum absolute atomic E-state index is 0.390. The van der Waals surface area contributed by atoms with Crippen LogP contribution < -0.4 is 10.6 Å². The third kappa shape index (κ3) is 4.38. The second kappa shape index (κ2) is 8.65. The van der Waals surface area contributed by atoms with Gasteiger partial charge in [-0.05, 0) is 68.4 Å². The number of nitrogens with one attached hydrogen (secondary N) is 2. The number of phenols is 1. The highest BCUT2D eigenvalue weighted by Crippen LogP contribution is 2.31. The molecule has 0 bridgehead atoms. The van der Waals surface area contributed by atoms with Gasteiger partial charge < -0.3 is 15.7 Å². The largest absolute Gasteiger partial charge is 0.508 e. The Balaban J connectivity index is 1.69. The van der Waals surface area contributed by atoms with Crippen LogP contribution in [0, 0.1) is 0 Å². The molecule has 0 spiro atoms. The molecule has 1 unspecified atom stereocenters. The molecule has 0 aromatic heterocycles. The lowest BCUT2D eigenvalue weighted by Crippen LogP contribution is -2.40. The average Bonchev–Trinajstić information content (AvgIpc) is 3.12. The maximum atomic E-state index is 10.3. The maximum absolute atomic E-state index is 10.3. The highest BCUT2D eigenvalue weighted by atomic mass is 32.2. The predicted octanol–water partition coefficient (Wildman–Crippen LogP) is 3.22. The van der Waals surface area contributed by atoms with Crippen LogP contribution in [-0.2, 0) is 19.4 Å². The van der Waals surface area contributed by atoms with E-state index in [4.69, 9.17) is 4.99 Å². The van der Waals surface area contributed by atoms with Crippen LogP contribution in [0.2, 0.25) is 0 Å². The molecule has 0 radical (unpaired) electrons. The quantitative estimate of drug-likeness (QED) is 0.565. The Morgan fingerprint density at radius 1 is 1.25 bits per heavy atom. The molecule has 1 fully saturated rings. The Labute approximate surface area is 149 Å². The van der Waals surface area contributed by atoms with E-state index in [1.54, 1.807) is 0 Å². The van der Waals surface area contributed by atoms with Crippen LogP contribution in [0.4, 0.5) is 0 Å². The molecule has 2 aliphatic rings. The number of rotatable bonds is 5. The Morgan fingerprint density at radius 2 is 2.12 bits per heavy atom. The van der Waals surface area contributed by atoms with Gasteiger partial charge in [0.25, 0.3) is 0 Å². The summed E-state index contributed by atoms with van der Waals surface area (Å²) in [6, 6.07) is 3.92. The Kier molecular flexibility index (Phi) is 6.30. The summed E-state index contributed by atoms with van der Waals surface area (Å²) in [4.78, 5) is 4.74. The number of aromatic hydroxyl groups is 1. The zero-order valence-corrected chi connectivity index (χ0v) is 15.4. The van der Waals surface area contributed by atoms with E-state index in [2.05, 4.69) is 35.4 Å². The van der Waals surface area contributed by atoms with Gasteiger partial charge in [-0.2, -0.15) is 11.8 Å². The zero-order chi connectivity index (χ0) is 16.8. The van der Waals surface area contributed by atoms with Crippen molar-refractivity contribution in [2.24, 2.45) is 4.99 Å². The van der Waals surface area contributed by atoms with Gasteiger partial charge in [-0.15, -0.1) is 0 Å². The molecule has 1 aromatic carbocycles. The van der Waals surface area contributed by atoms with Gasteiger partial charge in [0, 0.05) is 23.9 Å². The molecule has 5 heteroatoms. The summed E-state index contributed by atoms with van der Waals surface area (Å²) in [7, 11) is 0. The van der Waals surface area contributed by atoms with E-state index in [0.717, 1.165) is 37.5 Å². The van der Waals surface area contributed by atoms with Crippen molar-refractivity contribution >= 4 is 17.7 Å². The normalized spacial score (nSPS) is 20.7. The van der Waals surface area contributed by atoms with Gasteiger partial charge in [-0.3, -0.25) is 0 Å². The number of aryl methyl sites for hydroxylation is 1. The first-order chi connectivity index (χ1) is 11.8. The number of hydrogen-bond donors (Lipinski definition) is 3. The summed E-state index contributed by atoms with van der Waals surface area (Å²) < 4.78 is 0. The van der Waals surface area contributed by atoms with Gasteiger partial charge in [-0.1, -0.05) is 6.07 Å². The number of hydrogen-bond acceptors (Lipinski definition) is 3. The topological polar surface area (TPSA) is 56.7 Å². The fourth-order valence-corrected chi connectivity index (χ4v) is 4.79. The molecule has 1 aliphatic heterocycles. The van der Waals surface area contributed by atoms with Gasteiger partial charge in [0.05, 0.1) is 6.54 Å². The molecule has 3 N–H and O–H groups in total. The molecule has 1 saturated heterocycles. The van der Waals surface area contributed by atoms with Crippen LogP contribution in [0.25, 0.3) is 0 Å². The number of benzene rings is 1. The van der Waals surface area contributed by atoms with Gasteiger partial charge in [0.1, 0.15) is 5.75 Å². The van der Waals surface area contributed by atoms with Crippen molar-refractivity contribution in [1.82, 2.24) is 10.6 Å². The van der Waals surface area contributed by atoms with E-state index >= 15 is 0 Å². The first-order valence-corrected chi connectivity index (χ1v) is 10.3. The number of thioether (sulfide) groups is 1. The summed E-state index contributed by atoms with van der Waals surface area (Å²) in [5.41, 5.74) is 3.73. The standard InChI is InChI=1S/C19H29N3OS/c1-2-20-19(21-12-15-7-5-11-24-15)22-13-17-16-8-4-3-6-14(16)9-10-18(17)23/h9-10,15,23H,2-8,11-13H2,1H3,(H2,20,21,22). The number of nitrogens with zero attached hydrogens (tertiary/aromatic N) is 1. The number of guanidine groups is 1. The first kappa shape index (κ1) is 17.5. The highest BCUT2D eigenvalue weighted by Gasteiger charge is 2.17. The zero-order valence-electron chi connectivity index (χ0n) is 14.6. The third-order valence-corrected chi connectivity index (χ3v) is 6.29. The van der Waals surface area contributed by atoms with Crippen LogP contribution in [0.3, 0.4) is 0 Å². The van der Waals surface area contributed by atoms with Crippen LogP contribution in [0.15, 0.2) is 17.1 Å². The summed E-state index contributed by atoms with van der Waals surface area (Å²) >= 11 is 2.05. The van der Waals surface area contributed by atoms with Crippen molar-refractivity contribution in [3.63, 3.8) is 0 Å². The second-order valence-corrected chi connectivity index (χ2v) is 8.03. The van der Waals surface area contributed by atoms with E-state index in [0.29, 0.717) is 17.5 Å². The Hall–Kier alpha value is -1.36. The van der Waals surface area contributed by atoms with Crippen molar-refractivity contribution in [2.45, 2.75) is 57.2 Å². The summed E-state index contributed by atoms with van der Waals surface area (Å²) in [5.74, 6) is 2.53. The highest BCUT2D eigenvalue weighted by molar-refractivity contribution is 8.00. The molecular weight excluding hydrogens is 318 g/mol. The maximum Gasteiger partial charge on any atom is 0.191 e. The Bertz CT molecular complexity index is 582. The van der Waals surface area contributed by atoms with Crippen LogP contribution in [0.1, 0.15) is 49.3 Å². The number of phenolic OH excluding ortho intramolecular Hbond substituents is 1. The van der Waals surface area contributed by atoms with Crippen molar-refractivity contribution in [3.05, 3.63) is 28.8 Å². The van der Waals surface area contributed by atoms with Crippen LogP contribution in [0.5, 0.6) is 5.75 Å². The van der Waals surface area contributed by atoms with Crippen molar-refractivity contribution < 1.29 is 5.11 Å². The molecule has 0 saturated carbocycles.